The van der Waals surface area contributed by atoms with Crippen LogP contribution in [0.3, 0.4) is 0 Å². The van der Waals surface area contributed by atoms with Gasteiger partial charge < -0.3 is 14.4 Å². The molecule has 0 saturated carbocycles. The Morgan fingerprint density at radius 2 is 1.53 bits per heavy atom. The summed E-state index contributed by atoms with van der Waals surface area (Å²) in [5, 5.41) is 0. The van der Waals surface area contributed by atoms with Crippen molar-refractivity contribution in [2.75, 3.05) is 40.5 Å². The number of amides is 3. The van der Waals surface area contributed by atoms with Crippen molar-refractivity contribution >= 4 is 11.9 Å². The van der Waals surface area contributed by atoms with Crippen LogP contribution in [0.15, 0.2) is 0 Å². The lowest BCUT2D eigenvalue weighted by Crippen LogP contribution is -2.44. The second-order valence-electron chi connectivity index (χ2n) is 5.14. The van der Waals surface area contributed by atoms with Gasteiger partial charge in [0.15, 0.2) is 0 Å². The second-order valence-corrected chi connectivity index (χ2v) is 5.14. The minimum atomic E-state index is -0.766. The van der Waals surface area contributed by atoms with Gasteiger partial charge in [-0.15, -0.1) is 0 Å². The first-order valence-electron chi connectivity index (χ1n) is 6.58. The normalized spacial score (nSPS) is 18.5. The van der Waals surface area contributed by atoms with Crippen LogP contribution in [-0.2, 0) is 14.3 Å². The zero-order valence-electron chi connectivity index (χ0n) is 12.3. The van der Waals surface area contributed by atoms with Crippen LogP contribution in [0.5, 0.6) is 0 Å². The Bertz CT molecular complexity index is 331. The van der Waals surface area contributed by atoms with E-state index in [1.807, 2.05) is 0 Å². The summed E-state index contributed by atoms with van der Waals surface area (Å²) in [5.41, 5.74) is -0.766. The lowest BCUT2D eigenvalue weighted by Gasteiger charge is -2.27. The molecule has 1 aliphatic heterocycles. The van der Waals surface area contributed by atoms with Crippen molar-refractivity contribution in [2.24, 2.45) is 0 Å². The maximum Gasteiger partial charge on any atom is 0.327 e. The molecule has 1 saturated heterocycles. The largest absolute Gasteiger partial charge is 0.385 e. The van der Waals surface area contributed by atoms with Crippen LogP contribution in [0.25, 0.3) is 0 Å². The molecule has 0 bridgehead atoms. The SMILES string of the molecule is COCCCN1C(=O)N(CCCOC)C(C)(C)C1=O. The summed E-state index contributed by atoms with van der Waals surface area (Å²) in [6.45, 7) is 5.65. The van der Waals surface area contributed by atoms with E-state index in [1.54, 1.807) is 33.0 Å². The Hall–Kier alpha value is -1.14. The summed E-state index contributed by atoms with van der Waals surface area (Å²) >= 11 is 0. The Balaban J connectivity index is 2.66. The lowest BCUT2D eigenvalue weighted by molar-refractivity contribution is -0.132. The number of imide groups is 1. The summed E-state index contributed by atoms with van der Waals surface area (Å²) in [4.78, 5) is 27.5. The molecule has 3 amide bonds. The summed E-state index contributed by atoms with van der Waals surface area (Å²) in [7, 11) is 3.23. The van der Waals surface area contributed by atoms with Crippen molar-refractivity contribution in [1.29, 1.82) is 0 Å². The maximum absolute atomic E-state index is 12.3. The number of carbonyl (C=O) groups excluding carboxylic acids is 2. The molecule has 1 aliphatic rings. The Morgan fingerprint density at radius 1 is 1.00 bits per heavy atom. The van der Waals surface area contributed by atoms with Gasteiger partial charge in [-0.2, -0.15) is 0 Å². The summed E-state index contributed by atoms with van der Waals surface area (Å²) in [6, 6.07) is -0.206. The zero-order chi connectivity index (χ0) is 14.5. The first-order chi connectivity index (χ1) is 8.96. The third kappa shape index (κ3) is 3.45. The van der Waals surface area contributed by atoms with E-state index in [-0.39, 0.29) is 11.9 Å². The number of carbonyl (C=O) groups is 2. The van der Waals surface area contributed by atoms with Gasteiger partial charge in [-0.1, -0.05) is 0 Å². The van der Waals surface area contributed by atoms with Gasteiger partial charge in [-0.3, -0.25) is 9.69 Å². The van der Waals surface area contributed by atoms with Gasteiger partial charge in [0.1, 0.15) is 5.54 Å². The van der Waals surface area contributed by atoms with Gasteiger partial charge in [-0.05, 0) is 26.7 Å². The highest BCUT2D eigenvalue weighted by molar-refractivity contribution is 6.06. The molecule has 0 aliphatic carbocycles. The molecule has 0 aromatic heterocycles. The van der Waals surface area contributed by atoms with Crippen LogP contribution in [0, 0.1) is 0 Å². The molecule has 6 nitrogen and oxygen atoms in total. The van der Waals surface area contributed by atoms with E-state index in [1.165, 1.54) is 4.90 Å². The Morgan fingerprint density at radius 3 is 2.05 bits per heavy atom. The number of hydrogen-bond acceptors (Lipinski definition) is 4. The van der Waals surface area contributed by atoms with Gasteiger partial charge in [0.05, 0.1) is 0 Å². The fourth-order valence-corrected chi connectivity index (χ4v) is 2.22. The predicted octanol–water partition coefficient (Wildman–Crippen LogP) is 1.10. The molecular weight excluding hydrogens is 248 g/mol. The molecule has 1 heterocycles. The van der Waals surface area contributed by atoms with E-state index in [9.17, 15) is 9.59 Å². The third-order valence-corrected chi connectivity index (χ3v) is 3.37. The third-order valence-electron chi connectivity index (χ3n) is 3.37. The summed E-state index contributed by atoms with van der Waals surface area (Å²) in [6.07, 6.45) is 1.39. The van der Waals surface area contributed by atoms with Gasteiger partial charge in [-0.25, -0.2) is 4.79 Å². The van der Waals surface area contributed by atoms with E-state index < -0.39 is 5.54 Å². The average Bonchev–Trinajstić information content (AvgIpc) is 2.52. The molecule has 0 aromatic rings. The lowest BCUT2D eigenvalue weighted by atomic mass is 10.0. The van der Waals surface area contributed by atoms with Crippen molar-refractivity contribution in [3.05, 3.63) is 0 Å². The van der Waals surface area contributed by atoms with E-state index in [2.05, 4.69) is 0 Å². The summed E-state index contributed by atoms with van der Waals surface area (Å²) < 4.78 is 9.94. The van der Waals surface area contributed by atoms with Crippen LogP contribution < -0.4 is 0 Å². The molecule has 1 fully saturated rings. The molecule has 0 atom stereocenters. The number of rotatable bonds is 8. The Labute approximate surface area is 114 Å². The van der Waals surface area contributed by atoms with Gasteiger partial charge in [0.2, 0.25) is 0 Å². The van der Waals surface area contributed by atoms with Crippen LogP contribution in [0.1, 0.15) is 26.7 Å². The highest BCUT2D eigenvalue weighted by Crippen LogP contribution is 2.27. The fraction of sp³-hybridized carbons (Fsp3) is 0.846. The molecule has 6 heteroatoms. The van der Waals surface area contributed by atoms with Crippen molar-refractivity contribution < 1.29 is 19.1 Å². The number of urea groups is 1. The van der Waals surface area contributed by atoms with Crippen LogP contribution in [-0.4, -0.2) is 67.8 Å². The van der Waals surface area contributed by atoms with Crippen molar-refractivity contribution in [1.82, 2.24) is 9.80 Å². The monoisotopic (exact) mass is 272 g/mol. The van der Waals surface area contributed by atoms with Crippen LogP contribution in [0.4, 0.5) is 4.79 Å². The second kappa shape index (κ2) is 6.86. The molecule has 110 valence electrons. The number of ether oxygens (including phenoxy) is 2. The van der Waals surface area contributed by atoms with Crippen LogP contribution >= 0.6 is 0 Å². The van der Waals surface area contributed by atoms with E-state index >= 15 is 0 Å². The quantitative estimate of drug-likeness (QED) is 0.490. The van der Waals surface area contributed by atoms with E-state index in [0.717, 1.165) is 6.42 Å². The van der Waals surface area contributed by atoms with Gasteiger partial charge >= 0.3 is 6.03 Å². The molecule has 0 unspecified atom stereocenters. The molecule has 1 rings (SSSR count). The van der Waals surface area contributed by atoms with E-state index in [0.29, 0.717) is 32.7 Å². The Kier molecular flexibility index (Phi) is 5.75. The molecular formula is C13H24N2O4. The highest BCUT2D eigenvalue weighted by Gasteiger charge is 2.50. The molecule has 0 aromatic carbocycles. The van der Waals surface area contributed by atoms with Crippen molar-refractivity contribution in [2.45, 2.75) is 32.2 Å². The standard InChI is InChI=1S/C13H24N2O4/c1-13(2)11(16)14(7-5-9-18-3)12(17)15(13)8-6-10-19-4/h5-10H2,1-4H3. The van der Waals surface area contributed by atoms with E-state index in [4.69, 9.17) is 9.47 Å². The summed E-state index contributed by atoms with van der Waals surface area (Å²) in [5.74, 6) is -0.133. The molecule has 19 heavy (non-hydrogen) atoms. The average molecular weight is 272 g/mol. The number of methoxy groups -OCH3 is 2. The molecule has 0 radical (unpaired) electrons. The minimum absolute atomic E-state index is 0.133. The number of nitrogens with zero attached hydrogens (tertiary/aromatic N) is 2. The van der Waals surface area contributed by atoms with Gasteiger partial charge in [0.25, 0.3) is 5.91 Å². The first-order valence-corrected chi connectivity index (χ1v) is 6.58. The van der Waals surface area contributed by atoms with Crippen molar-refractivity contribution in [3.8, 4) is 0 Å². The fourth-order valence-electron chi connectivity index (χ4n) is 2.22. The number of hydrogen-bond donors (Lipinski definition) is 0. The zero-order valence-corrected chi connectivity index (χ0v) is 12.3. The van der Waals surface area contributed by atoms with Gasteiger partial charge in [0, 0.05) is 40.5 Å². The van der Waals surface area contributed by atoms with Crippen LogP contribution in [0.2, 0.25) is 0 Å². The smallest absolute Gasteiger partial charge is 0.327 e. The first kappa shape index (κ1) is 15.9. The minimum Gasteiger partial charge on any atom is -0.385 e. The highest BCUT2D eigenvalue weighted by atomic mass is 16.5. The molecule has 0 spiro atoms. The molecule has 0 N–H and O–H groups in total. The van der Waals surface area contributed by atoms with Crippen molar-refractivity contribution in [3.63, 3.8) is 0 Å². The topological polar surface area (TPSA) is 59.1 Å². The maximum atomic E-state index is 12.3. The predicted molar refractivity (Wildman–Crippen MR) is 70.9 cm³/mol.